The number of carboxylic acids is 1. The molecule has 0 aromatic heterocycles. The Hall–Kier alpha value is -2.08. The van der Waals surface area contributed by atoms with E-state index in [1.165, 1.54) is 6.42 Å². The SMILES string of the molecule is COc1cccc(CC2(C(=O)N3CCOC(CC(=O)O)C3)CC3CCC2C3)c1. The third-order valence-electron chi connectivity index (χ3n) is 6.88. The van der Waals surface area contributed by atoms with Gasteiger partial charge in [0.25, 0.3) is 0 Å². The maximum atomic E-state index is 13.8. The zero-order chi connectivity index (χ0) is 19.7. The van der Waals surface area contributed by atoms with Crippen LogP contribution in [-0.4, -0.2) is 54.8 Å². The van der Waals surface area contributed by atoms with Crippen molar-refractivity contribution in [2.45, 2.75) is 44.6 Å². The fourth-order valence-corrected chi connectivity index (χ4v) is 5.68. The Kier molecular flexibility index (Phi) is 5.32. The van der Waals surface area contributed by atoms with Crippen LogP contribution >= 0.6 is 0 Å². The summed E-state index contributed by atoms with van der Waals surface area (Å²) < 4.78 is 11.0. The molecule has 1 aromatic carbocycles. The lowest BCUT2D eigenvalue weighted by molar-refractivity contribution is -0.156. The van der Waals surface area contributed by atoms with Crippen molar-refractivity contribution in [1.29, 1.82) is 0 Å². The molecule has 1 amide bonds. The Morgan fingerprint density at radius 3 is 2.89 bits per heavy atom. The number of hydrogen-bond donors (Lipinski definition) is 1. The highest BCUT2D eigenvalue weighted by atomic mass is 16.5. The standard InChI is InChI=1S/C22H29NO5/c1-27-18-4-2-3-15(10-18)12-22(13-16-5-6-17(22)9-16)21(26)23-7-8-28-19(14-23)11-20(24)25/h2-4,10,16-17,19H,5-9,11-14H2,1H3,(H,24,25). The van der Waals surface area contributed by atoms with Gasteiger partial charge < -0.3 is 19.5 Å². The maximum Gasteiger partial charge on any atom is 0.306 e. The molecule has 0 spiro atoms. The Morgan fingerprint density at radius 2 is 2.21 bits per heavy atom. The summed E-state index contributed by atoms with van der Waals surface area (Å²) in [4.78, 5) is 26.7. The molecule has 4 unspecified atom stereocenters. The van der Waals surface area contributed by atoms with Crippen LogP contribution in [0.4, 0.5) is 0 Å². The number of methoxy groups -OCH3 is 1. The third-order valence-corrected chi connectivity index (χ3v) is 6.88. The van der Waals surface area contributed by atoms with E-state index < -0.39 is 12.1 Å². The van der Waals surface area contributed by atoms with Crippen LogP contribution in [0.15, 0.2) is 24.3 Å². The molecule has 1 aromatic rings. The van der Waals surface area contributed by atoms with Crippen LogP contribution in [0, 0.1) is 17.3 Å². The number of carboxylic acid groups (broad SMARTS) is 1. The van der Waals surface area contributed by atoms with E-state index in [0.29, 0.717) is 31.5 Å². The van der Waals surface area contributed by atoms with Crippen molar-refractivity contribution in [3.05, 3.63) is 29.8 Å². The molecule has 1 N–H and O–H groups in total. The molecule has 1 heterocycles. The number of amides is 1. The highest BCUT2D eigenvalue weighted by Crippen LogP contribution is 2.58. The van der Waals surface area contributed by atoms with E-state index in [4.69, 9.17) is 14.6 Å². The van der Waals surface area contributed by atoms with Crippen LogP contribution < -0.4 is 4.74 Å². The van der Waals surface area contributed by atoms with Gasteiger partial charge in [-0.15, -0.1) is 0 Å². The van der Waals surface area contributed by atoms with Crippen molar-refractivity contribution >= 4 is 11.9 Å². The maximum absolute atomic E-state index is 13.8. The van der Waals surface area contributed by atoms with Gasteiger partial charge in [-0.2, -0.15) is 0 Å². The van der Waals surface area contributed by atoms with Gasteiger partial charge >= 0.3 is 5.97 Å². The zero-order valence-electron chi connectivity index (χ0n) is 16.4. The molecule has 2 aliphatic carbocycles. The number of fused-ring (bicyclic) bond motifs is 2. The monoisotopic (exact) mass is 387 g/mol. The van der Waals surface area contributed by atoms with Gasteiger partial charge in [-0.05, 0) is 55.2 Å². The van der Waals surface area contributed by atoms with E-state index >= 15 is 0 Å². The first-order valence-electron chi connectivity index (χ1n) is 10.3. The largest absolute Gasteiger partial charge is 0.497 e. The number of nitrogens with zero attached hydrogens (tertiary/aromatic N) is 1. The van der Waals surface area contributed by atoms with Crippen LogP contribution in [0.3, 0.4) is 0 Å². The highest BCUT2D eigenvalue weighted by molar-refractivity contribution is 5.84. The Balaban J connectivity index is 1.57. The average molecular weight is 387 g/mol. The second-order valence-electron chi connectivity index (χ2n) is 8.61. The lowest BCUT2D eigenvalue weighted by Crippen LogP contribution is -2.54. The van der Waals surface area contributed by atoms with E-state index in [1.807, 2.05) is 23.1 Å². The van der Waals surface area contributed by atoms with E-state index in [1.54, 1.807) is 7.11 Å². The van der Waals surface area contributed by atoms with Crippen molar-refractivity contribution in [2.24, 2.45) is 17.3 Å². The molecular weight excluding hydrogens is 358 g/mol. The van der Waals surface area contributed by atoms with Gasteiger partial charge in [0.2, 0.25) is 5.91 Å². The molecule has 3 fully saturated rings. The van der Waals surface area contributed by atoms with E-state index in [0.717, 1.165) is 37.0 Å². The normalized spacial score (nSPS) is 31.8. The number of rotatable bonds is 6. The van der Waals surface area contributed by atoms with Crippen molar-refractivity contribution in [1.82, 2.24) is 4.90 Å². The number of carbonyl (C=O) groups is 2. The first kappa shape index (κ1) is 19.2. The summed E-state index contributed by atoms with van der Waals surface area (Å²) in [5.74, 6) is 1.18. The van der Waals surface area contributed by atoms with Crippen molar-refractivity contribution in [3.63, 3.8) is 0 Å². The number of carbonyl (C=O) groups excluding carboxylic acids is 1. The molecule has 1 aliphatic heterocycles. The van der Waals surface area contributed by atoms with Gasteiger partial charge in [-0.1, -0.05) is 18.6 Å². The van der Waals surface area contributed by atoms with Crippen LogP contribution in [0.1, 0.15) is 37.7 Å². The summed E-state index contributed by atoms with van der Waals surface area (Å²) in [6.45, 7) is 1.33. The molecule has 4 rings (SSSR count). The zero-order valence-corrected chi connectivity index (χ0v) is 16.4. The summed E-state index contributed by atoms with van der Waals surface area (Å²) in [7, 11) is 1.66. The summed E-state index contributed by atoms with van der Waals surface area (Å²) in [6.07, 6.45) is 4.67. The average Bonchev–Trinajstić information content (AvgIpc) is 3.29. The van der Waals surface area contributed by atoms with Crippen molar-refractivity contribution in [3.8, 4) is 5.75 Å². The minimum absolute atomic E-state index is 0.0568. The van der Waals surface area contributed by atoms with Crippen LogP contribution in [0.25, 0.3) is 0 Å². The van der Waals surface area contributed by atoms with Crippen molar-refractivity contribution < 1.29 is 24.2 Å². The minimum Gasteiger partial charge on any atom is -0.497 e. The molecule has 28 heavy (non-hydrogen) atoms. The molecule has 6 nitrogen and oxygen atoms in total. The number of aliphatic carboxylic acids is 1. The molecule has 4 atom stereocenters. The first-order valence-corrected chi connectivity index (χ1v) is 10.3. The molecule has 1 saturated heterocycles. The van der Waals surface area contributed by atoms with Gasteiger partial charge in [-0.25, -0.2) is 0 Å². The van der Waals surface area contributed by atoms with Crippen LogP contribution in [0.2, 0.25) is 0 Å². The number of benzene rings is 1. The molecule has 3 aliphatic rings. The summed E-state index contributed by atoms with van der Waals surface area (Å²) in [5, 5.41) is 9.09. The van der Waals surface area contributed by atoms with Crippen LogP contribution in [0.5, 0.6) is 5.75 Å². The first-order chi connectivity index (χ1) is 13.5. The van der Waals surface area contributed by atoms with E-state index in [2.05, 4.69) is 6.07 Å². The molecule has 2 saturated carbocycles. The topological polar surface area (TPSA) is 76.1 Å². The molecule has 2 bridgehead atoms. The Bertz CT molecular complexity index is 750. The second kappa shape index (κ2) is 7.74. The van der Waals surface area contributed by atoms with Gasteiger partial charge in [0.15, 0.2) is 0 Å². The third kappa shape index (κ3) is 3.62. The predicted molar refractivity (Wildman–Crippen MR) is 103 cm³/mol. The molecular formula is C22H29NO5. The summed E-state index contributed by atoms with van der Waals surface area (Å²) in [6, 6.07) is 8.03. The number of morpholine rings is 1. The summed E-state index contributed by atoms with van der Waals surface area (Å²) in [5.41, 5.74) is 0.760. The van der Waals surface area contributed by atoms with Gasteiger partial charge in [-0.3, -0.25) is 9.59 Å². The van der Waals surface area contributed by atoms with E-state index in [9.17, 15) is 9.59 Å². The lowest BCUT2D eigenvalue weighted by Gasteiger charge is -2.43. The Labute approximate surface area is 165 Å². The minimum atomic E-state index is -0.884. The Morgan fingerprint density at radius 1 is 1.36 bits per heavy atom. The number of ether oxygens (including phenoxy) is 2. The predicted octanol–water partition coefficient (Wildman–Crippen LogP) is 2.75. The summed E-state index contributed by atoms with van der Waals surface area (Å²) >= 11 is 0. The fraction of sp³-hybridized carbons (Fsp3) is 0.636. The molecule has 6 heteroatoms. The van der Waals surface area contributed by atoms with Gasteiger partial charge in [0, 0.05) is 13.1 Å². The molecule has 0 radical (unpaired) electrons. The quantitative estimate of drug-likeness (QED) is 0.812. The van der Waals surface area contributed by atoms with Gasteiger partial charge in [0.05, 0.1) is 31.7 Å². The fourth-order valence-electron chi connectivity index (χ4n) is 5.68. The second-order valence-corrected chi connectivity index (χ2v) is 8.61. The highest BCUT2D eigenvalue weighted by Gasteiger charge is 2.56. The van der Waals surface area contributed by atoms with E-state index in [-0.39, 0.29) is 17.7 Å². The van der Waals surface area contributed by atoms with Crippen molar-refractivity contribution in [2.75, 3.05) is 26.8 Å². The number of hydrogen-bond acceptors (Lipinski definition) is 4. The van der Waals surface area contributed by atoms with Gasteiger partial charge in [0.1, 0.15) is 5.75 Å². The molecule has 152 valence electrons. The smallest absolute Gasteiger partial charge is 0.306 e. The van der Waals surface area contributed by atoms with Crippen LogP contribution in [-0.2, 0) is 20.7 Å². The lowest BCUT2D eigenvalue weighted by atomic mass is 9.68.